The molecule has 3 heterocycles. The summed E-state index contributed by atoms with van der Waals surface area (Å²) in [5.74, 6) is -1.88. The monoisotopic (exact) mass is 796 g/mol. The zero-order valence-corrected chi connectivity index (χ0v) is 33.7. The number of aromatic nitrogens is 4. The summed E-state index contributed by atoms with van der Waals surface area (Å²) in [5.41, 5.74) is 18.5. The number of amides is 5. The van der Waals surface area contributed by atoms with Crippen LogP contribution in [0, 0.1) is 13.8 Å². The van der Waals surface area contributed by atoms with Gasteiger partial charge in [-0.3, -0.25) is 24.0 Å². The number of carbonyl (C=O) groups excluding carboxylic acids is 5. The van der Waals surface area contributed by atoms with Crippen LogP contribution in [0.15, 0.2) is 79.3 Å². The molecule has 2 aromatic heterocycles. The Kier molecular flexibility index (Phi) is 12.5. The Morgan fingerprint density at radius 1 is 0.864 bits per heavy atom. The first-order chi connectivity index (χ1) is 28.1. The molecule has 8 N–H and O–H groups in total. The van der Waals surface area contributed by atoms with Crippen LogP contribution in [0.1, 0.15) is 65.5 Å². The van der Waals surface area contributed by atoms with E-state index in [2.05, 4.69) is 74.1 Å². The number of hydrogen-bond donors (Lipinski definition) is 6. The Morgan fingerprint density at radius 3 is 2.24 bits per heavy atom. The number of aryl methyl sites for hydroxylation is 2. The van der Waals surface area contributed by atoms with Crippen LogP contribution >= 0.6 is 0 Å². The number of nitrogens with one attached hydrogen (secondary N) is 4. The fraction of sp³-hybridized carbons (Fsp3) is 0.295. The maximum Gasteiger partial charge on any atom is 0.255 e. The van der Waals surface area contributed by atoms with Gasteiger partial charge in [0.05, 0.1) is 35.5 Å². The number of rotatable bonds is 9. The van der Waals surface area contributed by atoms with Crippen molar-refractivity contribution in [1.29, 1.82) is 0 Å². The van der Waals surface area contributed by atoms with E-state index in [1.54, 1.807) is 50.5 Å². The van der Waals surface area contributed by atoms with Crippen LogP contribution in [0.5, 0.6) is 0 Å². The largest absolute Gasteiger partial charge is 0.368 e. The van der Waals surface area contributed by atoms with Gasteiger partial charge >= 0.3 is 0 Å². The van der Waals surface area contributed by atoms with Crippen molar-refractivity contribution in [3.05, 3.63) is 113 Å². The Balaban J connectivity index is 1.22. The first-order valence-corrected chi connectivity index (χ1v) is 19.3. The lowest BCUT2D eigenvalue weighted by molar-refractivity contribution is -0.128. The molecule has 2 atom stereocenters. The third-order valence-corrected chi connectivity index (χ3v) is 10.0. The third kappa shape index (κ3) is 10.2. The molecule has 1 aliphatic rings. The zero-order chi connectivity index (χ0) is 42.4. The number of primary amides is 1. The lowest BCUT2D eigenvalue weighted by Crippen LogP contribution is -2.49. The fourth-order valence-electron chi connectivity index (χ4n) is 6.78. The van der Waals surface area contributed by atoms with Crippen molar-refractivity contribution in [3.8, 4) is 33.9 Å². The molecule has 304 valence electrons. The summed E-state index contributed by atoms with van der Waals surface area (Å²) in [6.45, 7) is 9.72. The first kappa shape index (κ1) is 41.8. The number of anilines is 1. The van der Waals surface area contributed by atoms with Crippen LogP contribution in [0.4, 0.5) is 5.69 Å². The molecular formula is C44H48N10O5. The predicted octanol–water partition coefficient (Wildman–Crippen LogP) is 3.45. The molecule has 15 nitrogen and oxygen atoms in total. The number of nitrogens with two attached hydrogens (primary N) is 2. The molecule has 0 saturated heterocycles. The van der Waals surface area contributed by atoms with E-state index in [1.807, 2.05) is 24.3 Å². The SMILES string of the molecule is Cc1cc2cc(c1NC(=O)[C@H](CCN)NC(=O)c1cnc(-c3cnc(-c4ccc(C(C)(C)C)cc4)nc3)nc1C)-c1cccc(c1)CC(=O)NCC(=O)NC(C(N)=O)C2. The Morgan fingerprint density at radius 2 is 1.58 bits per heavy atom. The molecule has 0 spiro atoms. The number of hydrogen-bond acceptors (Lipinski definition) is 10. The van der Waals surface area contributed by atoms with E-state index in [0.717, 1.165) is 5.56 Å². The fourth-order valence-corrected chi connectivity index (χ4v) is 6.78. The van der Waals surface area contributed by atoms with Gasteiger partial charge in [-0.2, -0.15) is 0 Å². The van der Waals surface area contributed by atoms with Crippen LogP contribution < -0.4 is 32.7 Å². The van der Waals surface area contributed by atoms with E-state index >= 15 is 0 Å². The number of benzene rings is 3. The minimum atomic E-state index is -1.05. The Labute approximate surface area is 342 Å². The van der Waals surface area contributed by atoms with Gasteiger partial charge in [0.1, 0.15) is 12.1 Å². The van der Waals surface area contributed by atoms with Crippen molar-refractivity contribution in [1.82, 2.24) is 35.9 Å². The molecule has 0 aliphatic carbocycles. The second-order valence-corrected chi connectivity index (χ2v) is 15.6. The zero-order valence-electron chi connectivity index (χ0n) is 33.7. The highest BCUT2D eigenvalue weighted by atomic mass is 16.2. The van der Waals surface area contributed by atoms with Gasteiger partial charge in [-0.15, -0.1) is 0 Å². The molecule has 15 heteroatoms. The molecule has 59 heavy (non-hydrogen) atoms. The van der Waals surface area contributed by atoms with Gasteiger partial charge < -0.3 is 32.7 Å². The Bertz CT molecular complexity index is 2410. The standard InChI is InChI=1S/C44H48N10O5/c1-24-15-27-17-32(29-8-6-7-26(16-29)19-36(55)47-23-37(56)52-35(18-27)39(46)57)38(24)54-43(59)34(13-14-45)53-42(58)33-22-50-41(51-25(33)2)30-20-48-40(49-21-30)28-9-11-31(12-10-28)44(3,4)5/h6-12,15-17,20-22,34-35H,13-14,18-19,23,45H2,1-5H3,(H2,46,57)(H,47,55)(H,52,56)(H,53,58)(H,54,59)/t34-,35?/m0/s1. The highest BCUT2D eigenvalue weighted by Gasteiger charge is 2.26. The summed E-state index contributed by atoms with van der Waals surface area (Å²) >= 11 is 0. The summed E-state index contributed by atoms with van der Waals surface area (Å²) in [6, 6.07) is 16.9. The summed E-state index contributed by atoms with van der Waals surface area (Å²) in [4.78, 5) is 83.4. The summed E-state index contributed by atoms with van der Waals surface area (Å²) in [7, 11) is 0. The second kappa shape index (κ2) is 17.7. The van der Waals surface area contributed by atoms with E-state index in [1.165, 1.54) is 11.8 Å². The molecule has 5 amide bonds. The minimum Gasteiger partial charge on any atom is -0.368 e. The van der Waals surface area contributed by atoms with E-state index in [0.29, 0.717) is 56.4 Å². The van der Waals surface area contributed by atoms with Gasteiger partial charge in [0.2, 0.25) is 23.6 Å². The smallest absolute Gasteiger partial charge is 0.255 e. The van der Waals surface area contributed by atoms with Gasteiger partial charge in [-0.05, 0) is 66.1 Å². The first-order valence-electron chi connectivity index (χ1n) is 19.3. The van der Waals surface area contributed by atoms with Crippen LogP contribution in [0.25, 0.3) is 33.9 Å². The molecule has 1 unspecified atom stereocenters. The average Bonchev–Trinajstić information content (AvgIpc) is 3.20. The van der Waals surface area contributed by atoms with Crippen LogP contribution in [-0.4, -0.2) is 74.6 Å². The topological polar surface area (TPSA) is 237 Å². The average molecular weight is 797 g/mol. The molecule has 4 bridgehead atoms. The number of nitrogens with zero attached hydrogens (tertiary/aromatic N) is 4. The normalized spacial score (nSPS) is 14.9. The van der Waals surface area contributed by atoms with Gasteiger partial charge in [-0.25, -0.2) is 19.9 Å². The number of fused-ring (bicyclic) bond motifs is 5. The highest BCUT2D eigenvalue weighted by Crippen LogP contribution is 2.34. The lowest BCUT2D eigenvalue weighted by atomic mass is 9.87. The van der Waals surface area contributed by atoms with Crippen molar-refractivity contribution >= 4 is 35.2 Å². The number of carbonyl (C=O) groups is 5. The van der Waals surface area contributed by atoms with E-state index in [9.17, 15) is 24.0 Å². The van der Waals surface area contributed by atoms with Crippen molar-refractivity contribution < 1.29 is 24.0 Å². The molecule has 0 saturated carbocycles. The van der Waals surface area contributed by atoms with Crippen LogP contribution in [0.2, 0.25) is 0 Å². The van der Waals surface area contributed by atoms with Crippen molar-refractivity contribution in [2.24, 2.45) is 11.5 Å². The second-order valence-electron chi connectivity index (χ2n) is 15.6. The van der Waals surface area contributed by atoms with Gasteiger partial charge in [0.25, 0.3) is 5.91 Å². The molecule has 0 fully saturated rings. The quantitative estimate of drug-likeness (QED) is 0.127. The molecule has 3 aromatic carbocycles. The van der Waals surface area contributed by atoms with Crippen molar-refractivity contribution in [2.75, 3.05) is 18.4 Å². The van der Waals surface area contributed by atoms with E-state index in [4.69, 9.17) is 11.5 Å². The van der Waals surface area contributed by atoms with Crippen molar-refractivity contribution in [2.45, 2.75) is 71.4 Å². The van der Waals surface area contributed by atoms with E-state index < -0.39 is 35.7 Å². The summed E-state index contributed by atoms with van der Waals surface area (Å²) in [6.07, 6.45) is 4.85. The lowest BCUT2D eigenvalue weighted by Gasteiger charge is -2.23. The highest BCUT2D eigenvalue weighted by molar-refractivity contribution is 6.04. The van der Waals surface area contributed by atoms with Crippen LogP contribution in [0.3, 0.4) is 0 Å². The van der Waals surface area contributed by atoms with Crippen molar-refractivity contribution in [3.63, 3.8) is 0 Å². The molecule has 0 radical (unpaired) electrons. The van der Waals surface area contributed by atoms with Gasteiger partial charge in [0.15, 0.2) is 11.6 Å². The molecule has 1 aliphatic heterocycles. The van der Waals surface area contributed by atoms with Gasteiger partial charge in [0, 0.05) is 36.1 Å². The van der Waals surface area contributed by atoms with Gasteiger partial charge in [-0.1, -0.05) is 75.4 Å². The maximum absolute atomic E-state index is 14.0. The summed E-state index contributed by atoms with van der Waals surface area (Å²) in [5, 5.41) is 11.0. The molecule has 6 rings (SSSR count). The predicted molar refractivity (Wildman–Crippen MR) is 224 cm³/mol. The van der Waals surface area contributed by atoms with E-state index in [-0.39, 0.29) is 49.2 Å². The minimum absolute atomic E-state index is 0.0115. The molecular weight excluding hydrogens is 749 g/mol. The summed E-state index contributed by atoms with van der Waals surface area (Å²) < 4.78 is 0. The van der Waals surface area contributed by atoms with Crippen LogP contribution in [-0.2, 0) is 37.4 Å². The maximum atomic E-state index is 14.0. The third-order valence-electron chi connectivity index (χ3n) is 10.0. The Hall–Kier alpha value is -6.87. The molecule has 5 aromatic rings.